The van der Waals surface area contributed by atoms with Crippen LogP contribution in [0.15, 0.2) is 36.4 Å². The molecule has 4 heteroatoms. The molecule has 4 nitrogen and oxygen atoms in total. The molecule has 3 rings (SSSR count). The van der Waals surface area contributed by atoms with Crippen molar-refractivity contribution in [2.24, 2.45) is 0 Å². The van der Waals surface area contributed by atoms with E-state index >= 15 is 0 Å². The highest BCUT2D eigenvalue weighted by Crippen LogP contribution is 2.33. The van der Waals surface area contributed by atoms with Crippen molar-refractivity contribution in [1.82, 2.24) is 4.90 Å². The Morgan fingerprint density at radius 1 is 1.05 bits per heavy atom. The number of nitrogens with two attached hydrogens (primary N) is 1. The summed E-state index contributed by atoms with van der Waals surface area (Å²) in [5, 5.41) is 0. The van der Waals surface area contributed by atoms with Crippen LogP contribution in [0.2, 0.25) is 0 Å². The lowest BCUT2D eigenvalue weighted by molar-refractivity contribution is 0.244. The smallest absolute Gasteiger partial charge is 0.161 e. The Labute approximate surface area is 131 Å². The number of hydrogen-bond donors (Lipinski definition) is 1. The molecule has 0 bridgehead atoms. The van der Waals surface area contributed by atoms with Gasteiger partial charge in [0.05, 0.1) is 14.2 Å². The van der Waals surface area contributed by atoms with Crippen LogP contribution < -0.4 is 15.2 Å². The summed E-state index contributed by atoms with van der Waals surface area (Å²) >= 11 is 0. The number of anilines is 1. The molecule has 0 fully saturated rings. The fourth-order valence-electron chi connectivity index (χ4n) is 3.03. The van der Waals surface area contributed by atoms with Gasteiger partial charge in [0, 0.05) is 25.3 Å². The Morgan fingerprint density at radius 3 is 2.45 bits per heavy atom. The first kappa shape index (κ1) is 14.7. The first-order valence-electron chi connectivity index (χ1n) is 7.50. The molecule has 0 radical (unpaired) electrons. The predicted molar refractivity (Wildman–Crippen MR) is 88.2 cm³/mol. The number of nitrogen functional groups attached to an aromatic ring is 1. The minimum Gasteiger partial charge on any atom is -0.493 e. The standard InChI is InChI=1S/C18H22N2O2/c1-21-17-9-14-6-7-20(12-15(14)10-18(17)22-2)11-13-4-3-5-16(19)8-13/h3-5,8-10H,6-7,11-12,19H2,1-2H3. The molecule has 0 spiro atoms. The van der Waals surface area contributed by atoms with Crippen LogP contribution in [-0.4, -0.2) is 25.7 Å². The fraction of sp³-hybridized carbons (Fsp3) is 0.333. The molecule has 2 N–H and O–H groups in total. The maximum absolute atomic E-state index is 5.86. The molecule has 0 atom stereocenters. The van der Waals surface area contributed by atoms with Gasteiger partial charge in [0.1, 0.15) is 0 Å². The van der Waals surface area contributed by atoms with Gasteiger partial charge in [0.25, 0.3) is 0 Å². The van der Waals surface area contributed by atoms with Crippen LogP contribution in [-0.2, 0) is 19.5 Å². The van der Waals surface area contributed by atoms with Crippen LogP contribution in [0.5, 0.6) is 11.5 Å². The summed E-state index contributed by atoms with van der Waals surface area (Å²) in [4.78, 5) is 2.43. The lowest BCUT2D eigenvalue weighted by atomic mass is 9.98. The summed E-state index contributed by atoms with van der Waals surface area (Å²) in [6.07, 6.45) is 1.03. The zero-order valence-corrected chi connectivity index (χ0v) is 13.1. The summed E-state index contributed by atoms with van der Waals surface area (Å²) < 4.78 is 10.8. The molecule has 0 saturated carbocycles. The lowest BCUT2D eigenvalue weighted by Gasteiger charge is -2.29. The molecule has 2 aromatic rings. The summed E-state index contributed by atoms with van der Waals surface area (Å²) in [5.41, 5.74) is 10.6. The van der Waals surface area contributed by atoms with Crippen molar-refractivity contribution in [1.29, 1.82) is 0 Å². The van der Waals surface area contributed by atoms with Gasteiger partial charge in [-0.1, -0.05) is 12.1 Å². The maximum atomic E-state index is 5.86. The van der Waals surface area contributed by atoms with Gasteiger partial charge in [0.2, 0.25) is 0 Å². The van der Waals surface area contributed by atoms with Gasteiger partial charge in [-0.25, -0.2) is 0 Å². The average Bonchev–Trinajstić information content (AvgIpc) is 2.53. The highest BCUT2D eigenvalue weighted by Gasteiger charge is 2.19. The molecule has 0 saturated heterocycles. The van der Waals surface area contributed by atoms with E-state index in [1.807, 2.05) is 18.2 Å². The van der Waals surface area contributed by atoms with Crippen molar-refractivity contribution in [3.05, 3.63) is 53.1 Å². The Balaban J connectivity index is 1.78. The van der Waals surface area contributed by atoms with Gasteiger partial charge in [0.15, 0.2) is 11.5 Å². The largest absolute Gasteiger partial charge is 0.493 e. The van der Waals surface area contributed by atoms with Gasteiger partial charge in [-0.15, -0.1) is 0 Å². The van der Waals surface area contributed by atoms with E-state index in [1.165, 1.54) is 16.7 Å². The van der Waals surface area contributed by atoms with E-state index in [0.29, 0.717) is 0 Å². The second-order valence-electron chi connectivity index (χ2n) is 5.68. The van der Waals surface area contributed by atoms with Crippen molar-refractivity contribution in [3.8, 4) is 11.5 Å². The number of rotatable bonds is 4. The van der Waals surface area contributed by atoms with Crippen molar-refractivity contribution < 1.29 is 9.47 Å². The third-order valence-electron chi connectivity index (χ3n) is 4.15. The third-order valence-corrected chi connectivity index (χ3v) is 4.15. The van der Waals surface area contributed by atoms with Crippen LogP contribution >= 0.6 is 0 Å². The van der Waals surface area contributed by atoms with E-state index in [1.54, 1.807) is 14.2 Å². The Kier molecular flexibility index (Phi) is 4.20. The van der Waals surface area contributed by atoms with Crippen LogP contribution in [0.3, 0.4) is 0 Å². The van der Waals surface area contributed by atoms with Crippen LogP contribution in [0.1, 0.15) is 16.7 Å². The summed E-state index contributed by atoms with van der Waals surface area (Å²) in [7, 11) is 3.36. The van der Waals surface area contributed by atoms with E-state index in [-0.39, 0.29) is 0 Å². The van der Waals surface area contributed by atoms with Crippen molar-refractivity contribution in [3.63, 3.8) is 0 Å². The second kappa shape index (κ2) is 6.28. The molecule has 1 heterocycles. The molecular weight excluding hydrogens is 276 g/mol. The molecular formula is C18H22N2O2. The van der Waals surface area contributed by atoms with E-state index < -0.39 is 0 Å². The van der Waals surface area contributed by atoms with E-state index in [0.717, 1.165) is 43.2 Å². The van der Waals surface area contributed by atoms with Crippen molar-refractivity contribution in [2.45, 2.75) is 19.5 Å². The van der Waals surface area contributed by atoms with Crippen molar-refractivity contribution >= 4 is 5.69 Å². The number of hydrogen-bond acceptors (Lipinski definition) is 4. The molecule has 0 amide bonds. The molecule has 1 aliphatic rings. The van der Waals surface area contributed by atoms with E-state index in [2.05, 4.69) is 23.1 Å². The van der Waals surface area contributed by atoms with Gasteiger partial charge >= 0.3 is 0 Å². The van der Waals surface area contributed by atoms with Gasteiger partial charge in [-0.05, 0) is 47.4 Å². The molecule has 1 aliphatic heterocycles. The zero-order valence-electron chi connectivity index (χ0n) is 13.1. The molecule has 0 aromatic heterocycles. The number of ether oxygens (including phenoxy) is 2. The van der Waals surface area contributed by atoms with Gasteiger partial charge < -0.3 is 15.2 Å². The summed E-state index contributed by atoms with van der Waals surface area (Å²) in [5.74, 6) is 1.61. The monoisotopic (exact) mass is 298 g/mol. The third kappa shape index (κ3) is 3.02. The summed E-state index contributed by atoms with van der Waals surface area (Å²) in [6, 6.07) is 12.3. The number of benzene rings is 2. The fourth-order valence-corrected chi connectivity index (χ4v) is 3.03. The van der Waals surface area contributed by atoms with Crippen LogP contribution in [0.4, 0.5) is 5.69 Å². The molecule has 0 unspecified atom stereocenters. The molecule has 22 heavy (non-hydrogen) atoms. The molecule has 2 aromatic carbocycles. The normalized spacial score (nSPS) is 14.5. The topological polar surface area (TPSA) is 47.7 Å². The Morgan fingerprint density at radius 2 is 1.77 bits per heavy atom. The number of nitrogens with zero attached hydrogens (tertiary/aromatic N) is 1. The van der Waals surface area contributed by atoms with Gasteiger partial charge in [-0.2, -0.15) is 0 Å². The van der Waals surface area contributed by atoms with Crippen molar-refractivity contribution in [2.75, 3.05) is 26.5 Å². The highest BCUT2D eigenvalue weighted by atomic mass is 16.5. The maximum Gasteiger partial charge on any atom is 0.161 e. The molecule has 116 valence electrons. The predicted octanol–water partition coefficient (Wildman–Crippen LogP) is 2.84. The number of methoxy groups -OCH3 is 2. The van der Waals surface area contributed by atoms with Gasteiger partial charge in [-0.3, -0.25) is 4.90 Å². The van der Waals surface area contributed by atoms with Crippen LogP contribution in [0, 0.1) is 0 Å². The SMILES string of the molecule is COc1cc2c(cc1OC)CN(Cc1cccc(N)c1)CC2. The minimum absolute atomic E-state index is 0.798. The van der Waals surface area contributed by atoms with Crippen LogP contribution in [0.25, 0.3) is 0 Å². The summed E-state index contributed by atoms with van der Waals surface area (Å²) in [6.45, 7) is 2.88. The average molecular weight is 298 g/mol. The zero-order chi connectivity index (χ0) is 15.5. The van der Waals surface area contributed by atoms with E-state index in [9.17, 15) is 0 Å². The second-order valence-corrected chi connectivity index (χ2v) is 5.68. The highest BCUT2D eigenvalue weighted by molar-refractivity contribution is 5.48. The number of fused-ring (bicyclic) bond motifs is 1. The minimum atomic E-state index is 0.798. The Bertz CT molecular complexity index is 670. The Hall–Kier alpha value is -2.20. The van der Waals surface area contributed by atoms with E-state index in [4.69, 9.17) is 15.2 Å². The quantitative estimate of drug-likeness (QED) is 0.882. The lowest BCUT2D eigenvalue weighted by Crippen LogP contribution is -2.30. The molecule has 0 aliphatic carbocycles. The first-order valence-corrected chi connectivity index (χ1v) is 7.50. The first-order chi connectivity index (χ1) is 10.7.